The number of hydrogen-bond acceptors (Lipinski definition) is 3. The first-order valence-electron chi connectivity index (χ1n) is 5.51. The molecule has 0 aliphatic carbocycles. The van der Waals surface area contributed by atoms with Crippen LogP contribution in [0.5, 0.6) is 5.75 Å². The van der Waals surface area contributed by atoms with Gasteiger partial charge < -0.3 is 10.4 Å². The minimum Gasteiger partial charge on any atom is -0.508 e. The molecule has 0 radical (unpaired) electrons. The van der Waals surface area contributed by atoms with Crippen molar-refractivity contribution in [1.82, 2.24) is 0 Å². The van der Waals surface area contributed by atoms with Gasteiger partial charge in [-0.1, -0.05) is 29.8 Å². The van der Waals surface area contributed by atoms with Gasteiger partial charge in [-0.05, 0) is 24.3 Å². The van der Waals surface area contributed by atoms with E-state index in [0.29, 0.717) is 11.3 Å². The Bertz CT molecular complexity index is 640. The minimum absolute atomic E-state index is 0.0229. The number of nitrogens with zero attached hydrogens (tertiary/aromatic N) is 1. The molecule has 0 saturated carbocycles. The number of nitriles is 1. The van der Waals surface area contributed by atoms with Crippen molar-refractivity contribution < 1.29 is 9.50 Å². The van der Waals surface area contributed by atoms with Gasteiger partial charge in [0, 0.05) is 11.3 Å². The van der Waals surface area contributed by atoms with Gasteiger partial charge >= 0.3 is 0 Å². The van der Waals surface area contributed by atoms with E-state index < -0.39 is 11.9 Å². The van der Waals surface area contributed by atoms with Gasteiger partial charge in [0.15, 0.2) is 0 Å². The number of phenols is 1. The second kappa shape index (κ2) is 5.59. The topological polar surface area (TPSA) is 56.0 Å². The zero-order chi connectivity index (χ0) is 13.8. The minimum atomic E-state index is -0.747. The average molecular weight is 277 g/mol. The summed E-state index contributed by atoms with van der Waals surface area (Å²) in [7, 11) is 0. The first kappa shape index (κ1) is 13.2. The van der Waals surface area contributed by atoms with Gasteiger partial charge in [0.05, 0.1) is 11.1 Å². The molecule has 2 aromatic rings. The molecule has 0 heterocycles. The van der Waals surface area contributed by atoms with Gasteiger partial charge in [-0.15, -0.1) is 0 Å². The molecule has 1 atom stereocenters. The van der Waals surface area contributed by atoms with E-state index >= 15 is 0 Å². The lowest BCUT2D eigenvalue weighted by atomic mass is 10.1. The van der Waals surface area contributed by atoms with Gasteiger partial charge in [0.25, 0.3) is 0 Å². The van der Waals surface area contributed by atoms with Gasteiger partial charge in [-0.3, -0.25) is 0 Å². The van der Waals surface area contributed by atoms with Gasteiger partial charge in [0.1, 0.15) is 17.6 Å². The second-order valence-corrected chi connectivity index (χ2v) is 4.30. The molecule has 1 unspecified atom stereocenters. The first-order chi connectivity index (χ1) is 9.11. The van der Waals surface area contributed by atoms with Crippen molar-refractivity contribution in [3.63, 3.8) is 0 Å². The van der Waals surface area contributed by atoms with Crippen LogP contribution in [0.4, 0.5) is 10.1 Å². The summed E-state index contributed by atoms with van der Waals surface area (Å²) in [5.74, 6) is -0.502. The number of hydrogen-bond donors (Lipinski definition) is 2. The molecule has 0 fully saturated rings. The van der Waals surface area contributed by atoms with Crippen molar-refractivity contribution in [2.75, 3.05) is 5.32 Å². The molecular weight excluding hydrogens is 267 g/mol. The Kier molecular flexibility index (Phi) is 3.88. The molecule has 0 amide bonds. The number of aromatic hydroxyl groups is 1. The van der Waals surface area contributed by atoms with Crippen LogP contribution in [-0.4, -0.2) is 5.11 Å². The van der Waals surface area contributed by atoms with E-state index in [-0.39, 0.29) is 10.8 Å². The van der Waals surface area contributed by atoms with Crippen molar-refractivity contribution in [2.45, 2.75) is 6.04 Å². The third kappa shape index (κ3) is 2.95. The van der Waals surface area contributed by atoms with E-state index in [1.165, 1.54) is 24.3 Å². The molecule has 0 aliphatic rings. The summed E-state index contributed by atoms with van der Waals surface area (Å²) in [6.45, 7) is 0. The molecule has 0 saturated heterocycles. The van der Waals surface area contributed by atoms with Crippen LogP contribution < -0.4 is 5.32 Å². The third-order valence-corrected chi connectivity index (χ3v) is 2.90. The molecule has 0 aromatic heterocycles. The largest absolute Gasteiger partial charge is 0.508 e. The maximum absolute atomic E-state index is 13.0. The molecule has 5 heteroatoms. The Hall–Kier alpha value is -2.25. The van der Waals surface area contributed by atoms with Gasteiger partial charge in [-0.25, -0.2) is 4.39 Å². The van der Waals surface area contributed by atoms with E-state index in [0.717, 1.165) is 0 Å². The summed E-state index contributed by atoms with van der Waals surface area (Å²) < 4.78 is 13.0. The van der Waals surface area contributed by atoms with E-state index in [1.54, 1.807) is 18.2 Å². The zero-order valence-electron chi connectivity index (χ0n) is 9.77. The number of rotatable bonds is 3. The first-order valence-corrected chi connectivity index (χ1v) is 5.88. The molecular formula is C14H10ClFN2O. The molecule has 96 valence electrons. The van der Waals surface area contributed by atoms with Crippen LogP contribution in [0.25, 0.3) is 0 Å². The Labute approximate surface area is 114 Å². The summed E-state index contributed by atoms with van der Waals surface area (Å²) in [5, 5.41) is 21.7. The zero-order valence-corrected chi connectivity index (χ0v) is 10.5. The van der Waals surface area contributed by atoms with Gasteiger partial charge in [0.2, 0.25) is 0 Å². The van der Waals surface area contributed by atoms with Crippen molar-refractivity contribution in [3.8, 4) is 11.8 Å². The smallest absolute Gasteiger partial charge is 0.143 e. The number of anilines is 1. The Morgan fingerprint density at radius 3 is 2.63 bits per heavy atom. The highest BCUT2D eigenvalue weighted by Gasteiger charge is 2.14. The van der Waals surface area contributed by atoms with Crippen LogP contribution in [-0.2, 0) is 0 Å². The van der Waals surface area contributed by atoms with E-state index in [4.69, 9.17) is 16.9 Å². The number of para-hydroxylation sites is 1. The summed E-state index contributed by atoms with van der Waals surface area (Å²) >= 11 is 5.67. The lowest BCUT2D eigenvalue weighted by Crippen LogP contribution is -2.08. The highest BCUT2D eigenvalue weighted by Crippen LogP contribution is 2.28. The third-order valence-electron chi connectivity index (χ3n) is 2.61. The Balaban J connectivity index is 2.27. The Morgan fingerprint density at radius 1 is 1.26 bits per heavy atom. The van der Waals surface area contributed by atoms with Crippen molar-refractivity contribution in [1.29, 1.82) is 5.26 Å². The van der Waals surface area contributed by atoms with Crippen molar-refractivity contribution in [2.24, 2.45) is 0 Å². The van der Waals surface area contributed by atoms with Crippen LogP contribution in [0.1, 0.15) is 11.6 Å². The van der Waals surface area contributed by atoms with Crippen LogP contribution in [0.15, 0.2) is 42.5 Å². The quantitative estimate of drug-likeness (QED) is 0.895. The standard InChI is InChI=1S/C14H10ClFN2O/c15-11-7-9(5-6-12(11)16)18-13(8-17)10-3-1-2-4-14(10)19/h1-7,13,18-19H. The second-order valence-electron chi connectivity index (χ2n) is 3.89. The van der Waals surface area contributed by atoms with Crippen molar-refractivity contribution in [3.05, 3.63) is 58.9 Å². The van der Waals surface area contributed by atoms with Crippen LogP contribution in [0, 0.1) is 17.1 Å². The highest BCUT2D eigenvalue weighted by molar-refractivity contribution is 6.31. The number of nitrogens with one attached hydrogen (secondary N) is 1. The summed E-state index contributed by atoms with van der Waals surface area (Å²) in [6.07, 6.45) is 0. The lowest BCUT2D eigenvalue weighted by molar-refractivity contribution is 0.467. The van der Waals surface area contributed by atoms with Gasteiger partial charge in [-0.2, -0.15) is 5.26 Å². The number of phenolic OH excluding ortho intramolecular Hbond substituents is 1. The monoisotopic (exact) mass is 276 g/mol. The fourth-order valence-corrected chi connectivity index (χ4v) is 1.84. The molecule has 2 N–H and O–H groups in total. The van der Waals surface area contributed by atoms with E-state index in [1.807, 2.05) is 6.07 Å². The predicted molar refractivity (Wildman–Crippen MR) is 71.5 cm³/mol. The Morgan fingerprint density at radius 2 is 2.00 bits per heavy atom. The molecule has 2 aromatic carbocycles. The number of benzene rings is 2. The fourth-order valence-electron chi connectivity index (χ4n) is 1.66. The predicted octanol–water partition coefficient (Wildman–Crippen LogP) is 3.86. The fraction of sp³-hybridized carbons (Fsp3) is 0.0714. The summed E-state index contributed by atoms with van der Waals surface area (Å²) in [6, 6.07) is 11.9. The molecule has 19 heavy (non-hydrogen) atoms. The molecule has 2 rings (SSSR count). The SMILES string of the molecule is N#CC(Nc1ccc(F)c(Cl)c1)c1ccccc1O. The number of halogens is 2. The highest BCUT2D eigenvalue weighted by atomic mass is 35.5. The molecule has 3 nitrogen and oxygen atoms in total. The van der Waals surface area contributed by atoms with E-state index in [9.17, 15) is 9.50 Å². The maximum Gasteiger partial charge on any atom is 0.143 e. The van der Waals surface area contributed by atoms with Crippen LogP contribution >= 0.6 is 11.6 Å². The van der Waals surface area contributed by atoms with E-state index in [2.05, 4.69) is 5.32 Å². The summed E-state index contributed by atoms with van der Waals surface area (Å²) in [4.78, 5) is 0. The normalized spacial score (nSPS) is 11.6. The van der Waals surface area contributed by atoms with Crippen molar-refractivity contribution >= 4 is 17.3 Å². The molecule has 0 aliphatic heterocycles. The maximum atomic E-state index is 13.0. The lowest BCUT2D eigenvalue weighted by Gasteiger charge is -2.14. The van der Waals surface area contributed by atoms with Crippen LogP contribution in [0.3, 0.4) is 0 Å². The molecule has 0 spiro atoms. The average Bonchev–Trinajstić information content (AvgIpc) is 2.41. The van der Waals surface area contributed by atoms with Crippen LogP contribution in [0.2, 0.25) is 5.02 Å². The molecule has 0 bridgehead atoms. The summed E-state index contributed by atoms with van der Waals surface area (Å²) in [5.41, 5.74) is 0.951.